The van der Waals surface area contributed by atoms with Crippen LogP contribution in [-0.4, -0.2) is 10.2 Å². The number of rotatable bonds is 1. The lowest BCUT2D eigenvalue weighted by molar-refractivity contribution is 0.764. The van der Waals surface area contributed by atoms with E-state index >= 15 is 0 Å². The summed E-state index contributed by atoms with van der Waals surface area (Å²) in [6.07, 6.45) is 0. The number of hydrogen-bond acceptors (Lipinski definition) is 0. The highest BCUT2D eigenvalue weighted by atomic mass is 28.1. The van der Waals surface area contributed by atoms with Crippen LogP contribution in [0.2, 0.25) is 0 Å². The summed E-state index contributed by atoms with van der Waals surface area (Å²) in [6, 6.07) is 8.86. The van der Waals surface area contributed by atoms with Gasteiger partial charge in [-0.15, -0.1) is 0 Å². The third-order valence-corrected chi connectivity index (χ3v) is 2.49. The van der Waals surface area contributed by atoms with Crippen molar-refractivity contribution in [2.75, 3.05) is 0 Å². The molecule has 0 saturated heterocycles. The van der Waals surface area contributed by atoms with Gasteiger partial charge < -0.3 is 0 Å². The first-order valence-corrected chi connectivity index (χ1v) is 5.07. The number of hydrogen-bond donors (Lipinski definition) is 0. The summed E-state index contributed by atoms with van der Waals surface area (Å²) >= 11 is 0. The average Bonchev–Trinajstić information content (AvgIpc) is 1.86. The van der Waals surface area contributed by atoms with Gasteiger partial charge in [0, 0.05) is 10.2 Å². The molecule has 0 unspecified atom stereocenters. The lowest BCUT2D eigenvalue weighted by Gasteiger charge is -2.18. The van der Waals surface area contributed by atoms with Gasteiger partial charge in [-0.05, 0) is 17.5 Å². The van der Waals surface area contributed by atoms with Crippen LogP contribution in [0.1, 0.15) is 25.0 Å². The molecule has 0 fully saturated rings. The minimum atomic E-state index is 0.424. The molecule has 0 heterocycles. The van der Waals surface area contributed by atoms with E-state index in [1.807, 2.05) is 0 Å². The lowest BCUT2D eigenvalue weighted by Crippen LogP contribution is -2.16. The van der Waals surface area contributed by atoms with Crippen LogP contribution in [-0.2, 0) is 5.04 Å². The van der Waals surface area contributed by atoms with Gasteiger partial charge in [-0.2, -0.15) is 0 Å². The first kappa shape index (κ1) is 8.53. The number of aryl methyl sites for hydroxylation is 1. The Morgan fingerprint density at radius 3 is 1.91 bits per heavy atom. The second kappa shape index (κ2) is 2.82. The predicted molar refractivity (Wildman–Crippen MR) is 54.1 cm³/mol. The molecule has 60 valence electrons. The third kappa shape index (κ3) is 2.19. The summed E-state index contributed by atoms with van der Waals surface area (Å²) in [4.78, 5) is 0. The summed E-state index contributed by atoms with van der Waals surface area (Å²) in [5, 5.41) is 0.424. The zero-order chi connectivity index (χ0) is 8.48. The van der Waals surface area contributed by atoms with Crippen molar-refractivity contribution in [1.82, 2.24) is 0 Å². The van der Waals surface area contributed by atoms with E-state index in [-0.39, 0.29) is 0 Å². The van der Waals surface area contributed by atoms with Crippen LogP contribution >= 0.6 is 0 Å². The Morgan fingerprint density at radius 2 is 1.55 bits per heavy atom. The average molecular weight is 164 g/mol. The van der Waals surface area contributed by atoms with Crippen molar-refractivity contribution in [2.45, 2.75) is 25.8 Å². The van der Waals surface area contributed by atoms with E-state index in [9.17, 15) is 0 Å². The Hall–Kier alpha value is -0.563. The van der Waals surface area contributed by atoms with Gasteiger partial charge >= 0.3 is 0 Å². The molecular weight excluding hydrogens is 148 g/mol. The van der Waals surface area contributed by atoms with E-state index in [0.717, 1.165) is 0 Å². The highest BCUT2D eigenvalue weighted by Crippen LogP contribution is 2.18. The fourth-order valence-corrected chi connectivity index (χ4v) is 1.39. The van der Waals surface area contributed by atoms with Crippen LogP contribution < -0.4 is 0 Å². The molecule has 0 radical (unpaired) electrons. The van der Waals surface area contributed by atoms with Crippen LogP contribution in [0.5, 0.6) is 0 Å². The molecule has 0 saturated carbocycles. The molecule has 0 N–H and O–H groups in total. The van der Waals surface area contributed by atoms with Crippen molar-refractivity contribution >= 4 is 10.2 Å². The topological polar surface area (TPSA) is 0 Å². The maximum Gasteiger partial charge on any atom is 0.0155 e. The fraction of sp³-hybridized carbons (Fsp3) is 0.400. The van der Waals surface area contributed by atoms with Crippen LogP contribution in [0.4, 0.5) is 0 Å². The molecule has 11 heavy (non-hydrogen) atoms. The van der Waals surface area contributed by atoms with Crippen molar-refractivity contribution in [3.05, 3.63) is 35.4 Å². The molecule has 0 atom stereocenters. The van der Waals surface area contributed by atoms with Gasteiger partial charge in [0.15, 0.2) is 0 Å². The van der Waals surface area contributed by atoms with Crippen LogP contribution in [0.25, 0.3) is 0 Å². The highest BCUT2D eigenvalue weighted by molar-refractivity contribution is 6.15. The van der Waals surface area contributed by atoms with E-state index < -0.39 is 0 Å². The summed E-state index contributed by atoms with van der Waals surface area (Å²) in [5.41, 5.74) is 2.81. The van der Waals surface area contributed by atoms with Crippen LogP contribution in [0.3, 0.4) is 0 Å². The Balaban J connectivity index is 2.99. The Kier molecular flexibility index (Phi) is 2.19. The largest absolute Gasteiger partial charge is 0.0592 e. The molecule has 0 aromatic heterocycles. The van der Waals surface area contributed by atoms with Gasteiger partial charge in [-0.1, -0.05) is 43.7 Å². The number of benzene rings is 1. The molecule has 0 aliphatic carbocycles. The maximum atomic E-state index is 2.30. The Morgan fingerprint density at radius 1 is 1.09 bits per heavy atom. The molecule has 0 bridgehead atoms. The third-order valence-electron chi connectivity index (χ3n) is 1.92. The van der Waals surface area contributed by atoms with Gasteiger partial charge in [0.25, 0.3) is 0 Å². The fourth-order valence-electron chi connectivity index (χ4n) is 1.05. The van der Waals surface area contributed by atoms with E-state index in [0.29, 0.717) is 5.04 Å². The maximum absolute atomic E-state index is 2.30. The van der Waals surface area contributed by atoms with Crippen molar-refractivity contribution in [2.24, 2.45) is 0 Å². The molecule has 1 aromatic rings. The smallest absolute Gasteiger partial charge is 0.0155 e. The summed E-state index contributed by atoms with van der Waals surface area (Å²) in [6.45, 7) is 6.72. The molecule has 1 aromatic carbocycles. The molecule has 1 rings (SSSR count). The second-order valence-electron chi connectivity index (χ2n) is 4.12. The van der Waals surface area contributed by atoms with Crippen molar-refractivity contribution in [1.29, 1.82) is 0 Å². The van der Waals surface area contributed by atoms with Crippen molar-refractivity contribution in [3.8, 4) is 0 Å². The summed E-state index contributed by atoms with van der Waals surface area (Å²) in [7, 11) is 1.21. The molecule has 0 aliphatic heterocycles. The standard InChI is InChI=1S/C10H16Si/c1-8-4-6-9(7-5-8)10(2,3)11/h4-7H,1-3,11H3. The van der Waals surface area contributed by atoms with Gasteiger partial charge in [-0.25, -0.2) is 0 Å². The van der Waals surface area contributed by atoms with Gasteiger partial charge in [0.05, 0.1) is 0 Å². The minimum absolute atomic E-state index is 0.424. The van der Waals surface area contributed by atoms with Crippen LogP contribution in [0.15, 0.2) is 24.3 Å². The Bertz CT molecular complexity index is 228. The van der Waals surface area contributed by atoms with Gasteiger partial charge in [0.1, 0.15) is 0 Å². The van der Waals surface area contributed by atoms with Crippen molar-refractivity contribution < 1.29 is 0 Å². The van der Waals surface area contributed by atoms with E-state index in [1.54, 1.807) is 0 Å². The monoisotopic (exact) mass is 164 g/mol. The lowest BCUT2D eigenvalue weighted by atomic mass is 10.0. The minimum Gasteiger partial charge on any atom is -0.0592 e. The van der Waals surface area contributed by atoms with E-state index in [4.69, 9.17) is 0 Å². The van der Waals surface area contributed by atoms with Gasteiger partial charge in [-0.3, -0.25) is 0 Å². The van der Waals surface area contributed by atoms with Gasteiger partial charge in [0.2, 0.25) is 0 Å². The van der Waals surface area contributed by atoms with E-state index in [1.165, 1.54) is 21.4 Å². The molecule has 0 amide bonds. The highest BCUT2D eigenvalue weighted by Gasteiger charge is 2.11. The first-order valence-electron chi connectivity index (χ1n) is 4.07. The van der Waals surface area contributed by atoms with E-state index in [2.05, 4.69) is 45.0 Å². The molecule has 0 spiro atoms. The zero-order valence-corrected chi connectivity index (χ0v) is 9.81. The van der Waals surface area contributed by atoms with Crippen LogP contribution in [0, 0.1) is 6.92 Å². The zero-order valence-electron chi connectivity index (χ0n) is 7.81. The summed E-state index contributed by atoms with van der Waals surface area (Å²) < 4.78 is 0. The first-order chi connectivity index (χ1) is 5.00. The SMILES string of the molecule is Cc1ccc(C(C)(C)[SiH3])cc1. The molecule has 0 aliphatic rings. The molecule has 1 heteroatoms. The predicted octanol–water partition coefficient (Wildman–Crippen LogP) is 1.60. The Labute approximate surface area is 72.1 Å². The van der Waals surface area contributed by atoms with Crippen molar-refractivity contribution in [3.63, 3.8) is 0 Å². The summed E-state index contributed by atoms with van der Waals surface area (Å²) in [5.74, 6) is 0. The quantitative estimate of drug-likeness (QED) is 0.553. The molecular formula is C10H16Si. The molecule has 0 nitrogen and oxygen atoms in total. The normalized spacial score (nSPS) is 11.9. The second-order valence-corrected chi connectivity index (χ2v) is 6.62.